The Labute approximate surface area is 147 Å². The number of allylic oxidation sites excluding steroid dienone is 2. The third-order valence-corrected chi connectivity index (χ3v) is 5.50. The molecule has 1 heterocycles. The third kappa shape index (κ3) is 2.63. The highest BCUT2D eigenvalue weighted by molar-refractivity contribution is 5.96. The second kappa shape index (κ2) is 6.09. The van der Waals surface area contributed by atoms with Gasteiger partial charge >= 0.3 is 11.9 Å². The summed E-state index contributed by atoms with van der Waals surface area (Å²) in [6.45, 7) is 8.20. The molecule has 6 atom stereocenters. The van der Waals surface area contributed by atoms with Crippen LogP contribution in [0.3, 0.4) is 0 Å². The van der Waals surface area contributed by atoms with E-state index in [4.69, 9.17) is 14.2 Å². The van der Waals surface area contributed by atoms with Gasteiger partial charge in [-0.05, 0) is 39.2 Å². The Morgan fingerprint density at radius 1 is 1.24 bits per heavy atom. The number of carbonyl (C=O) groups is 3. The van der Waals surface area contributed by atoms with Crippen LogP contribution in [0.2, 0.25) is 0 Å². The predicted octanol–water partition coefficient (Wildman–Crippen LogP) is 2.32. The van der Waals surface area contributed by atoms with Crippen molar-refractivity contribution in [2.24, 2.45) is 17.3 Å². The molecule has 4 aliphatic rings. The molecule has 0 spiro atoms. The van der Waals surface area contributed by atoms with Crippen molar-refractivity contribution in [3.63, 3.8) is 0 Å². The van der Waals surface area contributed by atoms with E-state index in [1.54, 1.807) is 0 Å². The molecule has 0 N–H and O–H groups in total. The number of carbonyl (C=O) groups excluding carboxylic acids is 3. The first-order chi connectivity index (χ1) is 11.7. The van der Waals surface area contributed by atoms with Gasteiger partial charge in [-0.1, -0.05) is 17.2 Å². The zero-order chi connectivity index (χ0) is 18.5. The first-order valence-corrected chi connectivity index (χ1v) is 8.54. The van der Waals surface area contributed by atoms with Gasteiger partial charge in [-0.3, -0.25) is 14.4 Å². The number of esters is 2. The molecule has 1 saturated heterocycles. The molecule has 0 aromatic carbocycles. The lowest BCUT2D eigenvalue weighted by atomic mass is 9.45. The van der Waals surface area contributed by atoms with Crippen molar-refractivity contribution >= 4 is 17.7 Å². The van der Waals surface area contributed by atoms with Crippen molar-refractivity contribution in [3.8, 4) is 0 Å². The van der Waals surface area contributed by atoms with E-state index in [2.05, 4.69) is 0 Å². The summed E-state index contributed by atoms with van der Waals surface area (Å²) < 4.78 is 16.9. The average molecular weight is 348 g/mol. The van der Waals surface area contributed by atoms with Crippen molar-refractivity contribution in [3.05, 3.63) is 23.3 Å². The van der Waals surface area contributed by atoms with Crippen LogP contribution in [0.4, 0.5) is 0 Å². The van der Waals surface area contributed by atoms with Gasteiger partial charge in [0.1, 0.15) is 0 Å². The number of hydrogen-bond acceptors (Lipinski definition) is 6. The normalized spacial score (nSPS) is 35.8. The Morgan fingerprint density at radius 2 is 1.92 bits per heavy atom. The molecule has 136 valence electrons. The van der Waals surface area contributed by atoms with Gasteiger partial charge in [-0.25, -0.2) is 0 Å². The minimum absolute atomic E-state index is 0.00980. The van der Waals surface area contributed by atoms with Crippen LogP contribution in [0.25, 0.3) is 0 Å². The smallest absolute Gasteiger partial charge is 0.304 e. The fourth-order valence-electron chi connectivity index (χ4n) is 4.70. The molecule has 6 unspecified atom stereocenters. The van der Waals surface area contributed by atoms with E-state index in [1.165, 1.54) is 19.9 Å². The Kier molecular flexibility index (Phi) is 4.35. The van der Waals surface area contributed by atoms with Crippen molar-refractivity contribution < 1.29 is 28.6 Å². The van der Waals surface area contributed by atoms with E-state index >= 15 is 0 Å². The lowest BCUT2D eigenvalue weighted by Crippen LogP contribution is -2.65. The van der Waals surface area contributed by atoms with Gasteiger partial charge in [0.05, 0.1) is 11.5 Å². The van der Waals surface area contributed by atoms with E-state index in [0.717, 1.165) is 17.6 Å². The fourth-order valence-corrected chi connectivity index (χ4v) is 4.70. The van der Waals surface area contributed by atoms with Crippen molar-refractivity contribution in [2.75, 3.05) is 0 Å². The maximum absolute atomic E-state index is 12.9. The van der Waals surface area contributed by atoms with Crippen molar-refractivity contribution in [1.82, 2.24) is 0 Å². The number of hydrogen-bond donors (Lipinski definition) is 0. The summed E-state index contributed by atoms with van der Waals surface area (Å²) in [7, 11) is 0. The number of ketones is 1. The molecule has 1 aliphatic heterocycles. The van der Waals surface area contributed by atoms with Crippen LogP contribution in [0.1, 0.15) is 41.0 Å². The summed E-state index contributed by atoms with van der Waals surface area (Å²) in [6, 6.07) is 0. The zero-order valence-corrected chi connectivity index (χ0v) is 15.2. The summed E-state index contributed by atoms with van der Waals surface area (Å²) in [5, 5.41) is 0. The number of ether oxygens (including phenoxy) is 3. The van der Waals surface area contributed by atoms with Crippen molar-refractivity contribution in [2.45, 2.75) is 59.5 Å². The SMILES string of the molecule is CC(=O)OC1OC2C=C(C)C3CC2C13C(OC(C)=O)C(=O)C=C(C)C. The largest absolute Gasteiger partial charge is 0.453 e. The fraction of sp³-hybridized carbons (Fsp3) is 0.632. The molecular formula is C19H24O6. The molecule has 0 aromatic heterocycles. The summed E-state index contributed by atoms with van der Waals surface area (Å²) in [5.74, 6) is -1.33. The molecule has 1 saturated carbocycles. The van der Waals surface area contributed by atoms with E-state index in [1.807, 2.05) is 26.8 Å². The molecule has 0 aromatic rings. The molecule has 0 amide bonds. The molecule has 6 heteroatoms. The summed E-state index contributed by atoms with van der Waals surface area (Å²) in [5.41, 5.74) is 1.06. The van der Waals surface area contributed by atoms with Gasteiger partial charge < -0.3 is 14.2 Å². The molecule has 2 fully saturated rings. The van der Waals surface area contributed by atoms with Gasteiger partial charge in [0.2, 0.25) is 6.29 Å². The summed E-state index contributed by atoms with van der Waals surface area (Å²) in [4.78, 5) is 36.2. The topological polar surface area (TPSA) is 78.9 Å². The maximum Gasteiger partial charge on any atom is 0.304 e. The molecule has 4 bridgehead atoms. The Balaban J connectivity index is 2.08. The molecule has 0 radical (unpaired) electrons. The molecular weight excluding hydrogens is 324 g/mol. The molecule has 6 nitrogen and oxygen atoms in total. The lowest BCUT2D eigenvalue weighted by molar-refractivity contribution is -0.229. The first kappa shape index (κ1) is 17.9. The third-order valence-electron chi connectivity index (χ3n) is 5.50. The van der Waals surface area contributed by atoms with Crippen LogP contribution in [-0.4, -0.2) is 36.2 Å². The minimum atomic E-state index is -1.03. The van der Waals surface area contributed by atoms with Crippen molar-refractivity contribution in [1.29, 1.82) is 0 Å². The maximum atomic E-state index is 12.9. The Morgan fingerprint density at radius 3 is 2.44 bits per heavy atom. The van der Waals surface area contributed by atoms with E-state index in [9.17, 15) is 14.4 Å². The molecule has 3 aliphatic carbocycles. The second-order valence-corrected chi connectivity index (χ2v) is 7.46. The highest BCUT2D eigenvalue weighted by Crippen LogP contribution is 2.69. The Hall–Kier alpha value is -1.95. The van der Waals surface area contributed by atoms with Gasteiger partial charge in [0.15, 0.2) is 11.9 Å². The van der Waals surface area contributed by atoms with Gasteiger partial charge in [-0.2, -0.15) is 0 Å². The van der Waals surface area contributed by atoms with E-state index in [-0.39, 0.29) is 23.7 Å². The number of rotatable bonds is 5. The minimum Gasteiger partial charge on any atom is -0.453 e. The summed E-state index contributed by atoms with van der Waals surface area (Å²) in [6.07, 6.45) is 2.19. The lowest BCUT2D eigenvalue weighted by Gasteiger charge is -2.58. The van der Waals surface area contributed by atoms with Crippen LogP contribution >= 0.6 is 0 Å². The quantitative estimate of drug-likeness (QED) is 0.431. The monoisotopic (exact) mass is 348 g/mol. The van der Waals surface area contributed by atoms with Crippen LogP contribution in [0, 0.1) is 17.3 Å². The van der Waals surface area contributed by atoms with E-state index < -0.39 is 29.7 Å². The first-order valence-electron chi connectivity index (χ1n) is 8.54. The second-order valence-electron chi connectivity index (χ2n) is 7.46. The predicted molar refractivity (Wildman–Crippen MR) is 88.2 cm³/mol. The Bertz CT molecular complexity index is 686. The van der Waals surface area contributed by atoms with Crippen LogP contribution in [-0.2, 0) is 28.6 Å². The highest BCUT2D eigenvalue weighted by Gasteiger charge is 2.75. The van der Waals surface area contributed by atoms with Gasteiger partial charge in [0.25, 0.3) is 0 Å². The van der Waals surface area contributed by atoms with Crippen LogP contribution < -0.4 is 0 Å². The standard InChI is InChI=1S/C19H24O6/c1-9(2)6-15(22)17(23-11(4)20)19-13-8-14(19)16(7-10(13)3)25-18(19)24-12(5)21/h6-7,13-14,16-18H,8H2,1-5H3. The molecule has 25 heavy (non-hydrogen) atoms. The van der Waals surface area contributed by atoms with Crippen LogP contribution in [0.5, 0.6) is 0 Å². The molecule has 4 rings (SSSR count). The zero-order valence-electron chi connectivity index (χ0n) is 15.2. The highest BCUT2D eigenvalue weighted by atomic mass is 16.7. The average Bonchev–Trinajstić information content (AvgIpc) is 2.58. The van der Waals surface area contributed by atoms with E-state index in [0.29, 0.717) is 0 Å². The van der Waals surface area contributed by atoms with Gasteiger partial charge in [-0.15, -0.1) is 0 Å². The summed E-state index contributed by atoms with van der Waals surface area (Å²) >= 11 is 0. The van der Waals surface area contributed by atoms with Crippen LogP contribution in [0.15, 0.2) is 23.3 Å². The van der Waals surface area contributed by atoms with Gasteiger partial charge in [0, 0.05) is 19.8 Å².